The van der Waals surface area contributed by atoms with Gasteiger partial charge < -0.3 is 15.5 Å². The number of hydrogen-bond donors (Lipinski definition) is 2. The average molecular weight is 365 g/mol. The van der Waals surface area contributed by atoms with Crippen molar-refractivity contribution in [2.45, 2.75) is 12.8 Å². The molecule has 2 N–H and O–H groups in total. The fourth-order valence-electron chi connectivity index (χ4n) is 2.54. The number of nitrogens with one attached hydrogen (secondary N) is 2. The topological polar surface area (TPSA) is 74.3 Å². The van der Waals surface area contributed by atoms with Crippen LogP contribution in [0.1, 0.15) is 20.4 Å². The molecule has 24 heavy (non-hydrogen) atoms. The molecule has 0 aliphatic carbocycles. The lowest BCUT2D eigenvalue weighted by molar-refractivity contribution is 0.0962. The first-order valence-corrected chi connectivity index (χ1v) is 8.78. The van der Waals surface area contributed by atoms with Gasteiger partial charge in [0.1, 0.15) is 0 Å². The summed E-state index contributed by atoms with van der Waals surface area (Å²) >= 11 is 7.34. The molecule has 0 unspecified atom stereocenters. The number of nitrogens with zero attached hydrogens (tertiary/aromatic N) is 2. The van der Waals surface area contributed by atoms with Crippen LogP contribution in [0.4, 0.5) is 10.5 Å². The van der Waals surface area contributed by atoms with Crippen LogP contribution in [0.25, 0.3) is 0 Å². The second-order valence-corrected chi connectivity index (χ2v) is 6.92. The van der Waals surface area contributed by atoms with Crippen LogP contribution in [0.15, 0.2) is 24.3 Å². The highest BCUT2D eigenvalue weighted by atomic mass is 35.5. The van der Waals surface area contributed by atoms with Crippen LogP contribution >= 0.6 is 22.9 Å². The van der Waals surface area contributed by atoms with Gasteiger partial charge in [0.15, 0.2) is 5.01 Å². The minimum absolute atomic E-state index is 0.154. The second kappa shape index (κ2) is 7.19. The lowest BCUT2D eigenvalue weighted by atomic mass is 10.2. The fraction of sp³-hybridized carbons (Fsp3) is 0.312. The van der Waals surface area contributed by atoms with E-state index in [1.54, 1.807) is 36.2 Å². The summed E-state index contributed by atoms with van der Waals surface area (Å²) in [5.74, 6) is -0.163. The maximum atomic E-state index is 12.4. The monoisotopic (exact) mass is 364 g/mol. The number of carbonyl (C=O) groups is 2. The maximum absolute atomic E-state index is 12.4. The van der Waals surface area contributed by atoms with E-state index in [0.29, 0.717) is 41.6 Å². The molecule has 6 nitrogen and oxygen atoms in total. The standard InChI is InChI=1S/C16H17ClN4O2S/c1-18-14(22)15-20-12-5-7-21(8-6-13(12)24-15)16(23)19-11-4-2-3-10(17)9-11/h2-4,9H,5-8H2,1H3,(H,18,22)(H,19,23). The molecule has 1 aliphatic rings. The molecule has 1 aromatic carbocycles. The van der Waals surface area contributed by atoms with Crippen LogP contribution in [0.3, 0.4) is 0 Å². The second-order valence-electron chi connectivity index (χ2n) is 5.40. The number of thiazole rings is 1. The highest BCUT2D eigenvalue weighted by Crippen LogP contribution is 2.23. The Balaban J connectivity index is 1.65. The van der Waals surface area contributed by atoms with Gasteiger partial charge in [-0.2, -0.15) is 0 Å². The lowest BCUT2D eigenvalue weighted by Gasteiger charge is -2.20. The summed E-state index contributed by atoms with van der Waals surface area (Å²) in [7, 11) is 1.59. The van der Waals surface area contributed by atoms with Crippen molar-refractivity contribution in [3.05, 3.63) is 44.9 Å². The highest BCUT2D eigenvalue weighted by molar-refractivity contribution is 7.13. The Morgan fingerprint density at radius 2 is 2.08 bits per heavy atom. The molecule has 3 amide bonds. The fourth-order valence-corrected chi connectivity index (χ4v) is 3.77. The largest absolute Gasteiger partial charge is 0.353 e. The molecule has 2 heterocycles. The number of benzene rings is 1. The molecule has 0 spiro atoms. The van der Waals surface area contributed by atoms with Crippen LogP contribution in [0.2, 0.25) is 5.02 Å². The molecular formula is C16H17ClN4O2S. The van der Waals surface area contributed by atoms with E-state index < -0.39 is 0 Å². The number of anilines is 1. The normalized spacial score (nSPS) is 13.8. The van der Waals surface area contributed by atoms with Crippen molar-refractivity contribution < 1.29 is 9.59 Å². The van der Waals surface area contributed by atoms with Gasteiger partial charge in [-0.3, -0.25) is 4.79 Å². The van der Waals surface area contributed by atoms with Crippen molar-refractivity contribution in [3.8, 4) is 0 Å². The SMILES string of the molecule is CNC(=O)c1nc2c(s1)CCN(C(=O)Nc1cccc(Cl)c1)CC2. The van der Waals surface area contributed by atoms with Crippen molar-refractivity contribution >= 4 is 40.6 Å². The summed E-state index contributed by atoms with van der Waals surface area (Å²) in [5.41, 5.74) is 1.59. The molecule has 126 valence electrons. The zero-order valence-electron chi connectivity index (χ0n) is 13.1. The van der Waals surface area contributed by atoms with Gasteiger partial charge in [-0.1, -0.05) is 17.7 Å². The number of amides is 3. The summed E-state index contributed by atoms with van der Waals surface area (Å²) < 4.78 is 0. The van der Waals surface area contributed by atoms with E-state index in [9.17, 15) is 9.59 Å². The molecular weight excluding hydrogens is 348 g/mol. The van der Waals surface area contributed by atoms with E-state index in [0.717, 1.165) is 10.6 Å². The Labute approximate surface area is 148 Å². The molecule has 3 rings (SSSR count). The van der Waals surface area contributed by atoms with E-state index >= 15 is 0 Å². The van der Waals surface area contributed by atoms with Gasteiger partial charge in [-0.25, -0.2) is 9.78 Å². The van der Waals surface area contributed by atoms with Gasteiger partial charge in [0, 0.05) is 48.6 Å². The van der Waals surface area contributed by atoms with Crippen molar-refractivity contribution in [3.63, 3.8) is 0 Å². The Hall–Kier alpha value is -2.12. The summed E-state index contributed by atoms with van der Waals surface area (Å²) in [6.07, 6.45) is 1.35. The van der Waals surface area contributed by atoms with Crippen molar-refractivity contribution in [1.29, 1.82) is 0 Å². The first kappa shape index (κ1) is 16.7. The lowest BCUT2D eigenvalue weighted by Crippen LogP contribution is -2.36. The van der Waals surface area contributed by atoms with Crippen LogP contribution < -0.4 is 10.6 Å². The van der Waals surface area contributed by atoms with E-state index in [-0.39, 0.29) is 11.9 Å². The molecule has 0 atom stereocenters. The number of carbonyl (C=O) groups excluding carboxylic acids is 2. The number of urea groups is 1. The van der Waals surface area contributed by atoms with Crippen LogP contribution in [0, 0.1) is 0 Å². The number of aromatic nitrogens is 1. The van der Waals surface area contributed by atoms with Crippen molar-refractivity contribution in [2.24, 2.45) is 0 Å². The predicted molar refractivity (Wildman–Crippen MR) is 95.0 cm³/mol. The zero-order valence-corrected chi connectivity index (χ0v) is 14.7. The van der Waals surface area contributed by atoms with Gasteiger partial charge in [0.25, 0.3) is 5.91 Å². The van der Waals surface area contributed by atoms with Gasteiger partial charge in [-0.15, -0.1) is 11.3 Å². The average Bonchev–Trinajstić information content (AvgIpc) is 2.87. The Morgan fingerprint density at radius 1 is 1.29 bits per heavy atom. The smallest absolute Gasteiger partial charge is 0.321 e. The Bertz CT molecular complexity index is 752. The van der Waals surface area contributed by atoms with E-state index in [2.05, 4.69) is 15.6 Å². The third-order valence-electron chi connectivity index (χ3n) is 3.79. The van der Waals surface area contributed by atoms with E-state index in [4.69, 9.17) is 11.6 Å². The van der Waals surface area contributed by atoms with Crippen molar-refractivity contribution in [1.82, 2.24) is 15.2 Å². The predicted octanol–water partition coefficient (Wildman–Crippen LogP) is 2.79. The molecule has 0 radical (unpaired) electrons. The molecule has 0 fully saturated rings. The Morgan fingerprint density at radius 3 is 2.83 bits per heavy atom. The number of fused-ring (bicyclic) bond motifs is 1. The van der Waals surface area contributed by atoms with Gasteiger partial charge in [0.2, 0.25) is 0 Å². The van der Waals surface area contributed by atoms with Gasteiger partial charge >= 0.3 is 6.03 Å². The van der Waals surface area contributed by atoms with Crippen LogP contribution in [0.5, 0.6) is 0 Å². The third kappa shape index (κ3) is 3.68. The summed E-state index contributed by atoms with van der Waals surface area (Å²) in [5, 5.41) is 6.51. The first-order chi connectivity index (χ1) is 11.6. The van der Waals surface area contributed by atoms with E-state index in [1.165, 1.54) is 11.3 Å². The van der Waals surface area contributed by atoms with Crippen LogP contribution in [-0.2, 0) is 12.8 Å². The van der Waals surface area contributed by atoms with Crippen molar-refractivity contribution in [2.75, 3.05) is 25.5 Å². The zero-order chi connectivity index (χ0) is 17.1. The minimum Gasteiger partial charge on any atom is -0.353 e. The summed E-state index contributed by atoms with van der Waals surface area (Å²) in [6, 6.07) is 6.92. The highest BCUT2D eigenvalue weighted by Gasteiger charge is 2.23. The number of halogens is 1. The molecule has 0 bridgehead atoms. The van der Waals surface area contributed by atoms with Gasteiger partial charge in [-0.05, 0) is 18.2 Å². The van der Waals surface area contributed by atoms with Gasteiger partial charge in [0.05, 0.1) is 5.69 Å². The first-order valence-electron chi connectivity index (χ1n) is 7.59. The molecule has 1 aliphatic heterocycles. The Kier molecular flexibility index (Phi) is 5.01. The van der Waals surface area contributed by atoms with E-state index in [1.807, 2.05) is 0 Å². The number of hydrogen-bond acceptors (Lipinski definition) is 4. The molecule has 2 aromatic rings. The molecule has 0 saturated heterocycles. The summed E-state index contributed by atoms with van der Waals surface area (Å²) in [6.45, 7) is 1.16. The molecule has 0 saturated carbocycles. The maximum Gasteiger partial charge on any atom is 0.321 e. The minimum atomic E-state index is -0.163. The van der Waals surface area contributed by atoms with Crippen LogP contribution in [-0.4, -0.2) is 42.0 Å². The summed E-state index contributed by atoms with van der Waals surface area (Å²) in [4.78, 5) is 31.3. The number of rotatable bonds is 2. The third-order valence-corrected chi connectivity index (χ3v) is 5.18. The quantitative estimate of drug-likeness (QED) is 0.860. The molecule has 8 heteroatoms. The molecule has 1 aromatic heterocycles.